The van der Waals surface area contributed by atoms with Crippen LogP contribution in [0.2, 0.25) is 0 Å². The van der Waals surface area contributed by atoms with Crippen LogP contribution < -0.4 is 15.0 Å². The van der Waals surface area contributed by atoms with Gasteiger partial charge in [-0.1, -0.05) is 0 Å². The van der Waals surface area contributed by atoms with Gasteiger partial charge in [-0.25, -0.2) is 4.79 Å². The molecule has 1 aromatic carbocycles. The number of carbonyl (C=O) groups excluding carboxylic acids is 1. The van der Waals surface area contributed by atoms with Crippen molar-refractivity contribution in [3.63, 3.8) is 0 Å². The molecule has 1 rings (SSSR count). The maximum atomic E-state index is 11.6. The number of nitrogens with zero attached hydrogens (tertiary/aromatic N) is 1. The molecule has 0 aromatic heterocycles. The SMILES string of the molecule is CCN(CC)c1cc(OC)ccc1NC(=O)OCCCl. The molecule has 1 amide bonds. The van der Waals surface area contributed by atoms with E-state index in [0.717, 1.165) is 24.5 Å². The molecule has 1 aromatic rings. The van der Waals surface area contributed by atoms with Crippen LogP contribution in [0.3, 0.4) is 0 Å². The quantitative estimate of drug-likeness (QED) is 0.785. The number of methoxy groups -OCH3 is 1. The van der Waals surface area contributed by atoms with Crippen LogP contribution in [0.25, 0.3) is 0 Å². The van der Waals surface area contributed by atoms with Gasteiger partial charge in [0.1, 0.15) is 12.4 Å². The van der Waals surface area contributed by atoms with Gasteiger partial charge in [-0.05, 0) is 26.0 Å². The summed E-state index contributed by atoms with van der Waals surface area (Å²) in [5.41, 5.74) is 1.59. The van der Waals surface area contributed by atoms with E-state index >= 15 is 0 Å². The molecular weight excluding hydrogens is 280 g/mol. The topological polar surface area (TPSA) is 50.8 Å². The second-order valence-corrected chi connectivity index (χ2v) is 4.38. The minimum Gasteiger partial charge on any atom is -0.497 e. The van der Waals surface area contributed by atoms with Crippen LogP contribution in [0.1, 0.15) is 13.8 Å². The third-order valence-corrected chi connectivity index (χ3v) is 3.01. The van der Waals surface area contributed by atoms with Gasteiger partial charge in [0, 0.05) is 19.2 Å². The fraction of sp³-hybridized carbons (Fsp3) is 0.500. The Morgan fingerprint density at radius 3 is 2.60 bits per heavy atom. The normalized spacial score (nSPS) is 10.0. The Kier molecular flexibility index (Phi) is 7.01. The van der Waals surface area contributed by atoms with Crippen molar-refractivity contribution in [3.05, 3.63) is 18.2 Å². The summed E-state index contributed by atoms with van der Waals surface area (Å²) in [7, 11) is 1.61. The highest BCUT2D eigenvalue weighted by molar-refractivity contribution is 6.18. The summed E-state index contributed by atoms with van der Waals surface area (Å²) in [5, 5.41) is 2.73. The molecule has 0 radical (unpaired) electrons. The Morgan fingerprint density at radius 2 is 2.05 bits per heavy atom. The lowest BCUT2D eigenvalue weighted by atomic mass is 10.2. The van der Waals surface area contributed by atoms with E-state index in [1.807, 2.05) is 6.07 Å². The number of ether oxygens (including phenoxy) is 2. The zero-order valence-corrected chi connectivity index (χ0v) is 12.9. The summed E-state index contributed by atoms with van der Waals surface area (Å²) in [6.45, 7) is 5.95. The lowest BCUT2D eigenvalue weighted by Gasteiger charge is -2.24. The fourth-order valence-corrected chi connectivity index (χ4v) is 1.92. The highest BCUT2D eigenvalue weighted by atomic mass is 35.5. The lowest BCUT2D eigenvalue weighted by molar-refractivity contribution is 0.168. The van der Waals surface area contributed by atoms with Crippen molar-refractivity contribution >= 4 is 29.1 Å². The first-order valence-electron chi connectivity index (χ1n) is 6.58. The van der Waals surface area contributed by atoms with Gasteiger partial charge in [0.15, 0.2) is 0 Å². The third-order valence-electron chi connectivity index (χ3n) is 2.86. The van der Waals surface area contributed by atoms with E-state index in [9.17, 15) is 4.79 Å². The number of hydrogen-bond acceptors (Lipinski definition) is 4. The van der Waals surface area contributed by atoms with Crippen LogP contribution >= 0.6 is 11.6 Å². The number of benzene rings is 1. The Labute approximate surface area is 124 Å². The lowest BCUT2D eigenvalue weighted by Crippen LogP contribution is -2.24. The number of hydrogen-bond donors (Lipinski definition) is 1. The van der Waals surface area contributed by atoms with Crippen LogP contribution in [-0.2, 0) is 4.74 Å². The molecule has 0 spiro atoms. The number of halogens is 1. The number of carbonyl (C=O) groups is 1. The summed E-state index contributed by atoms with van der Waals surface area (Å²) >= 11 is 5.49. The zero-order valence-electron chi connectivity index (χ0n) is 12.1. The largest absolute Gasteiger partial charge is 0.497 e. The molecule has 0 heterocycles. The van der Waals surface area contributed by atoms with E-state index in [0.29, 0.717) is 5.69 Å². The van der Waals surface area contributed by atoms with Crippen molar-refractivity contribution in [2.75, 3.05) is 42.9 Å². The average molecular weight is 301 g/mol. The minimum atomic E-state index is -0.510. The number of rotatable bonds is 7. The fourth-order valence-electron chi connectivity index (χ4n) is 1.85. The van der Waals surface area contributed by atoms with Crippen molar-refractivity contribution in [3.8, 4) is 5.75 Å². The molecule has 0 aliphatic carbocycles. The third kappa shape index (κ3) is 4.49. The first kappa shape index (κ1) is 16.4. The smallest absolute Gasteiger partial charge is 0.411 e. The molecule has 1 N–H and O–H groups in total. The van der Waals surface area contributed by atoms with Gasteiger partial charge in [-0.15, -0.1) is 11.6 Å². The maximum Gasteiger partial charge on any atom is 0.411 e. The van der Waals surface area contributed by atoms with Crippen molar-refractivity contribution < 1.29 is 14.3 Å². The van der Waals surface area contributed by atoms with E-state index in [2.05, 4.69) is 24.1 Å². The summed E-state index contributed by atoms with van der Waals surface area (Å²) < 4.78 is 10.2. The first-order valence-corrected chi connectivity index (χ1v) is 7.12. The Morgan fingerprint density at radius 1 is 1.35 bits per heavy atom. The van der Waals surface area contributed by atoms with Gasteiger partial charge in [-0.2, -0.15) is 0 Å². The van der Waals surface area contributed by atoms with E-state index in [-0.39, 0.29) is 12.5 Å². The Hall–Kier alpha value is -1.62. The van der Waals surface area contributed by atoms with E-state index in [1.54, 1.807) is 19.2 Å². The Balaban J connectivity index is 2.96. The number of amides is 1. The first-order chi connectivity index (χ1) is 9.65. The monoisotopic (exact) mass is 300 g/mol. The molecular formula is C14H21ClN2O3. The molecule has 6 heteroatoms. The van der Waals surface area contributed by atoms with Crippen LogP contribution in [0, 0.1) is 0 Å². The van der Waals surface area contributed by atoms with Crippen LogP contribution in [0.15, 0.2) is 18.2 Å². The molecule has 0 saturated heterocycles. The minimum absolute atomic E-state index is 0.185. The summed E-state index contributed by atoms with van der Waals surface area (Å²) in [5.74, 6) is 1.02. The predicted molar refractivity (Wildman–Crippen MR) is 82.2 cm³/mol. The van der Waals surface area contributed by atoms with Crippen LogP contribution in [0.4, 0.5) is 16.2 Å². The maximum absolute atomic E-state index is 11.6. The van der Waals surface area contributed by atoms with E-state index in [1.165, 1.54) is 0 Å². The highest BCUT2D eigenvalue weighted by Crippen LogP contribution is 2.30. The van der Waals surface area contributed by atoms with E-state index < -0.39 is 6.09 Å². The molecule has 0 unspecified atom stereocenters. The van der Waals surface area contributed by atoms with Crippen molar-refractivity contribution in [1.82, 2.24) is 0 Å². The summed E-state index contributed by atoms with van der Waals surface area (Å²) in [4.78, 5) is 13.8. The van der Waals surface area contributed by atoms with Gasteiger partial charge >= 0.3 is 6.09 Å². The van der Waals surface area contributed by atoms with Crippen LogP contribution in [0.5, 0.6) is 5.75 Å². The number of alkyl halides is 1. The Bertz CT molecular complexity index is 436. The molecule has 5 nitrogen and oxygen atoms in total. The molecule has 0 atom stereocenters. The second-order valence-electron chi connectivity index (χ2n) is 4.01. The molecule has 0 saturated carbocycles. The van der Waals surface area contributed by atoms with E-state index in [4.69, 9.17) is 21.1 Å². The molecule has 0 fully saturated rings. The van der Waals surface area contributed by atoms with Gasteiger partial charge in [0.25, 0.3) is 0 Å². The average Bonchev–Trinajstić information content (AvgIpc) is 2.47. The molecule has 0 aliphatic heterocycles. The highest BCUT2D eigenvalue weighted by Gasteiger charge is 2.13. The standard InChI is InChI=1S/C14H21ClN2O3/c1-4-17(5-2)13-10-11(19-3)6-7-12(13)16-14(18)20-9-8-15/h6-7,10H,4-5,8-9H2,1-3H3,(H,16,18). The van der Waals surface area contributed by atoms with Gasteiger partial charge in [0.05, 0.1) is 24.4 Å². The van der Waals surface area contributed by atoms with Crippen LogP contribution in [-0.4, -0.2) is 38.8 Å². The van der Waals surface area contributed by atoms with Crippen molar-refractivity contribution in [1.29, 1.82) is 0 Å². The molecule has 112 valence electrons. The molecule has 0 bridgehead atoms. The van der Waals surface area contributed by atoms with Crippen molar-refractivity contribution in [2.45, 2.75) is 13.8 Å². The van der Waals surface area contributed by atoms with Gasteiger partial charge in [-0.3, -0.25) is 5.32 Å². The predicted octanol–water partition coefficient (Wildman–Crippen LogP) is 3.33. The zero-order chi connectivity index (χ0) is 15.0. The van der Waals surface area contributed by atoms with Crippen molar-refractivity contribution in [2.24, 2.45) is 0 Å². The summed E-state index contributed by atoms with van der Waals surface area (Å²) in [6.07, 6.45) is -0.510. The molecule has 20 heavy (non-hydrogen) atoms. The summed E-state index contributed by atoms with van der Waals surface area (Å²) in [6, 6.07) is 5.49. The van der Waals surface area contributed by atoms with Gasteiger partial charge in [0.2, 0.25) is 0 Å². The number of anilines is 2. The second kappa shape index (κ2) is 8.53. The molecule has 0 aliphatic rings. The number of nitrogens with one attached hydrogen (secondary N) is 1. The van der Waals surface area contributed by atoms with Gasteiger partial charge < -0.3 is 14.4 Å².